The van der Waals surface area contributed by atoms with Crippen LogP contribution in [0, 0.1) is 6.92 Å². The maximum absolute atomic E-state index is 10.9. The van der Waals surface area contributed by atoms with Crippen LogP contribution < -0.4 is 0 Å². The zero-order valence-corrected chi connectivity index (χ0v) is 10.4. The fourth-order valence-electron chi connectivity index (χ4n) is 1.47. The standard InChI is InChI=1S/C12H12N2O2S/c1-7(12(15)16)17-11-9-5-3-4-6-10(9)13-8(2)14-11/h3-7H,1-2H3,(H,15,16). The van der Waals surface area contributed by atoms with Gasteiger partial charge in [0, 0.05) is 5.39 Å². The largest absolute Gasteiger partial charge is 0.480 e. The molecule has 0 aliphatic carbocycles. The van der Waals surface area contributed by atoms with Crippen LogP contribution in [-0.4, -0.2) is 26.3 Å². The first-order valence-corrected chi connectivity index (χ1v) is 6.09. The molecular formula is C12H12N2O2S. The average molecular weight is 248 g/mol. The van der Waals surface area contributed by atoms with E-state index < -0.39 is 11.2 Å². The van der Waals surface area contributed by atoms with Crippen molar-refractivity contribution < 1.29 is 9.90 Å². The molecule has 88 valence electrons. The van der Waals surface area contributed by atoms with Crippen molar-refractivity contribution >= 4 is 28.6 Å². The molecule has 5 heteroatoms. The van der Waals surface area contributed by atoms with Gasteiger partial charge < -0.3 is 5.11 Å². The molecule has 17 heavy (non-hydrogen) atoms. The van der Waals surface area contributed by atoms with Crippen molar-refractivity contribution in [2.24, 2.45) is 0 Å². The number of carbonyl (C=O) groups is 1. The van der Waals surface area contributed by atoms with Crippen LogP contribution in [0.3, 0.4) is 0 Å². The number of aliphatic carboxylic acids is 1. The van der Waals surface area contributed by atoms with Gasteiger partial charge in [0.15, 0.2) is 0 Å². The second-order valence-electron chi connectivity index (χ2n) is 3.69. The van der Waals surface area contributed by atoms with E-state index in [1.807, 2.05) is 31.2 Å². The van der Waals surface area contributed by atoms with Crippen molar-refractivity contribution in [2.75, 3.05) is 0 Å². The third kappa shape index (κ3) is 2.55. The van der Waals surface area contributed by atoms with E-state index in [9.17, 15) is 4.79 Å². The first-order chi connectivity index (χ1) is 8.08. The Morgan fingerprint density at radius 1 is 1.35 bits per heavy atom. The molecule has 0 bridgehead atoms. The van der Waals surface area contributed by atoms with Crippen LogP contribution in [0.15, 0.2) is 29.3 Å². The lowest BCUT2D eigenvalue weighted by Gasteiger charge is -2.08. The Kier molecular flexibility index (Phi) is 3.28. The molecule has 2 aromatic rings. The summed E-state index contributed by atoms with van der Waals surface area (Å²) in [7, 11) is 0. The number of thioether (sulfide) groups is 1. The highest BCUT2D eigenvalue weighted by Crippen LogP contribution is 2.28. The quantitative estimate of drug-likeness (QED) is 0.668. The fourth-order valence-corrected chi connectivity index (χ4v) is 2.39. The number of fused-ring (bicyclic) bond motifs is 1. The van der Waals surface area contributed by atoms with Gasteiger partial charge in [-0.2, -0.15) is 0 Å². The van der Waals surface area contributed by atoms with Gasteiger partial charge in [-0.1, -0.05) is 30.0 Å². The number of benzene rings is 1. The monoisotopic (exact) mass is 248 g/mol. The summed E-state index contributed by atoms with van der Waals surface area (Å²) in [5.74, 6) is -0.181. The third-order valence-corrected chi connectivity index (χ3v) is 3.41. The molecule has 0 saturated heterocycles. The Bertz CT molecular complexity index is 571. The van der Waals surface area contributed by atoms with E-state index in [0.717, 1.165) is 15.9 Å². The van der Waals surface area contributed by atoms with E-state index >= 15 is 0 Å². The van der Waals surface area contributed by atoms with Crippen LogP contribution in [0.5, 0.6) is 0 Å². The molecule has 1 atom stereocenters. The van der Waals surface area contributed by atoms with Crippen LogP contribution in [-0.2, 0) is 4.79 Å². The fraction of sp³-hybridized carbons (Fsp3) is 0.250. The summed E-state index contributed by atoms with van der Waals surface area (Å²) in [6, 6.07) is 7.62. The van der Waals surface area contributed by atoms with Gasteiger partial charge in [-0.25, -0.2) is 9.97 Å². The number of rotatable bonds is 3. The normalized spacial score (nSPS) is 12.6. The van der Waals surface area contributed by atoms with Crippen LogP contribution in [0.1, 0.15) is 12.7 Å². The van der Waals surface area contributed by atoms with Crippen molar-refractivity contribution in [3.05, 3.63) is 30.1 Å². The number of hydrogen-bond acceptors (Lipinski definition) is 4. The van der Waals surface area contributed by atoms with E-state index in [-0.39, 0.29) is 0 Å². The Morgan fingerprint density at radius 2 is 2.06 bits per heavy atom. The Hall–Kier alpha value is -1.62. The van der Waals surface area contributed by atoms with Crippen LogP contribution >= 0.6 is 11.8 Å². The molecule has 0 aliphatic rings. The zero-order valence-electron chi connectivity index (χ0n) is 9.54. The maximum atomic E-state index is 10.9. The summed E-state index contributed by atoms with van der Waals surface area (Å²) in [5.41, 5.74) is 0.847. The molecule has 1 unspecified atom stereocenters. The van der Waals surface area contributed by atoms with Crippen LogP contribution in [0.25, 0.3) is 10.9 Å². The molecule has 1 aromatic heterocycles. The van der Waals surface area contributed by atoms with Gasteiger partial charge in [-0.15, -0.1) is 0 Å². The minimum atomic E-state index is -0.838. The first kappa shape index (κ1) is 11.9. The molecule has 0 radical (unpaired) electrons. The minimum absolute atomic E-state index is 0.521. The van der Waals surface area contributed by atoms with Crippen molar-refractivity contribution in [3.8, 4) is 0 Å². The average Bonchev–Trinajstić information content (AvgIpc) is 2.28. The molecule has 4 nitrogen and oxygen atoms in total. The summed E-state index contributed by atoms with van der Waals surface area (Å²) in [5, 5.41) is 10.0. The van der Waals surface area contributed by atoms with Crippen LogP contribution in [0.4, 0.5) is 0 Å². The first-order valence-electron chi connectivity index (χ1n) is 5.21. The topological polar surface area (TPSA) is 63.1 Å². The lowest BCUT2D eigenvalue weighted by Crippen LogP contribution is -2.11. The van der Waals surface area contributed by atoms with E-state index in [2.05, 4.69) is 9.97 Å². The van der Waals surface area contributed by atoms with E-state index in [1.165, 1.54) is 11.8 Å². The molecule has 0 fully saturated rings. The number of aromatic nitrogens is 2. The van der Waals surface area contributed by atoms with E-state index in [0.29, 0.717) is 5.82 Å². The zero-order chi connectivity index (χ0) is 12.4. The predicted molar refractivity (Wildman–Crippen MR) is 67.2 cm³/mol. The van der Waals surface area contributed by atoms with Gasteiger partial charge in [-0.3, -0.25) is 4.79 Å². The molecule has 0 aliphatic heterocycles. The van der Waals surface area contributed by atoms with Gasteiger partial charge in [0.1, 0.15) is 16.1 Å². The summed E-state index contributed by atoms with van der Waals surface area (Å²) in [6.07, 6.45) is 0. The number of carboxylic acids is 1. The SMILES string of the molecule is Cc1nc(SC(C)C(=O)O)c2ccccc2n1. The molecule has 1 heterocycles. The highest BCUT2D eigenvalue weighted by Gasteiger charge is 2.15. The Morgan fingerprint density at radius 3 is 2.76 bits per heavy atom. The van der Waals surface area contributed by atoms with Gasteiger partial charge in [0.25, 0.3) is 0 Å². The van der Waals surface area contributed by atoms with Crippen molar-refractivity contribution in [2.45, 2.75) is 24.1 Å². The molecule has 1 N–H and O–H groups in total. The molecule has 0 spiro atoms. The highest BCUT2D eigenvalue weighted by atomic mass is 32.2. The molecular weight excluding hydrogens is 236 g/mol. The number of aryl methyl sites for hydroxylation is 1. The number of para-hydroxylation sites is 1. The highest BCUT2D eigenvalue weighted by molar-refractivity contribution is 8.00. The summed E-state index contributed by atoms with van der Waals surface area (Å²) in [4.78, 5) is 19.5. The summed E-state index contributed by atoms with van der Waals surface area (Å²) in [6.45, 7) is 3.46. The number of carboxylic acid groups (broad SMARTS) is 1. The van der Waals surface area contributed by atoms with E-state index in [1.54, 1.807) is 6.92 Å². The van der Waals surface area contributed by atoms with Gasteiger partial charge >= 0.3 is 5.97 Å². The third-order valence-electron chi connectivity index (χ3n) is 2.32. The van der Waals surface area contributed by atoms with Crippen molar-refractivity contribution in [1.29, 1.82) is 0 Å². The molecule has 1 aromatic carbocycles. The van der Waals surface area contributed by atoms with E-state index in [4.69, 9.17) is 5.11 Å². The predicted octanol–water partition coefficient (Wildman–Crippen LogP) is 2.50. The molecule has 0 saturated carbocycles. The smallest absolute Gasteiger partial charge is 0.316 e. The van der Waals surface area contributed by atoms with Crippen molar-refractivity contribution in [1.82, 2.24) is 9.97 Å². The molecule has 0 amide bonds. The maximum Gasteiger partial charge on any atom is 0.316 e. The van der Waals surface area contributed by atoms with Crippen LogP contribution in [0.2, 0.25) is 0 Å². The summed E-state index contributed by atoms with van der Waals surface area (Å²) >= 11 is 1.24. The van der Waals surface area contributed by atoms with Gasteiger partial charge in [-0.05, 0) is 19.9 Å². The number of nitrogens with zero attached hydrogens (tertiary/aromatic N) is 2. The van der Waals surface area contributed by atoms with Gasteiger partial charge in [0.05, 0.1) is 5.52 Å². The lowest BCUT2D eigenvalue weighted by atomic mass is 10.2. The molecule has 2 rings (SSSR count). The summed E-state index contributed by atoms with van der Waals surface area (Å²) < 4.78 is 0. The Balaban J connectivity index is 2.49. The lowest BCUT2D eigenvalue weighted by molar-refractivity contribution is -0.136. The Labute approximate surface area is 103 Å². The number of hydrogen-bond donors (Lipinski definition) is 1. The second kappa shape index (κ2) is 4.71. The van der Waals surface area contributed by atoms with Gasteiger partial charge in [0.2, 0.25) is 0 Å². The van der Waals surface area contributed by atoms with Crippen molar-refractivity contribution in [3.63, 3.8) is 0 Å². The second-order valence-corrected chi connectivity index (χ2v) is 5.02. The minimum Gasteiger partial charge on any atom is -0.480 e.